The van der Waals surface area contributed by atoms with Crippen molar-refractivity contribution in [2.24, 2.45) is 0 Å². The number of nitrogens with zero attached hydrogens (tertiary/aromatic N) is 2. The largest absolute Gasteiger partial charge is 0.573 e. The van der Waals surface area contributed by atoms with Crippen molar-refractivity contribution in [3.05, 3.63) is 42.7 Å². The number of methoxy groups -OCH3 is 1. The molecular formula is C18H14F3N3O4. The molecule has 10 heteroatoms. The first-order valence-electron chi connectivity index (χ1n) is 7.89. The van der Waals surface area contributed by atoms with Gasteiger partial charge in [-0.05, 0) is 30.3 Å². The predicted octanol–water partition coefficient (Wildman–Crippen LogP) is 4.21. The van der Waals surface area contributed by atoms with Gasteiger partial charge < -0.3 is 19.5 Å². The highest BCUT2D eigenvalue weighted by Gasteiger charge is 2.30. The molecule has 0 aliphatic carbocycles. The van der Waals surface area contributed by atoms with Crippen LogP contribution in [0.3, 0.4) is 0 Å². The van der Waals surface area contributed by atoms with Gasteiger partial charge in [-0.15, -0.1) is 13.2 Å². The van der Waals surface area contributed by atoms with Crippen molar-refractivity contribution in [3.63, 3.8) is 0 Å². The van der Waals surface area contributed by atoms with Crippen LogP contribution in [0, 0.1) is 0 Å². The third-order valence-corrected chi connectivity index (χ3v) is 3.53. The quantitative estimate of drug-likeness (QED) is 0.514. The number of fused-ring (bicyclic) bond motifs is 1. The molecule has 3 rings (SSSR count). The van der Waals surface area contributed by atoms with E-state index >= 15 is 0 Å². The van der Waals surface area contributed by atoms with E-state index < -0.39 is 12.3 Å². The average molecular weight is 393 g/mol. The average Bonchev–Trinajstić information content (AvgIpc) is 2.61. The van der Waals surface area contributed by atoms with Crippen molar-refractivity contribution in [1.29, 1.82) is 0 Å². The normalized spacial score (nSPS) is 11.2. The Kier molecular flexibility index (Phi) is 5.21. The fourth-order valence-corrected chi connectivity index (χ4v) is 2.43. The van der Waals surface area contributed by atoms with Crippen LogP contribution in [0.4, 0.5) is 24.7 Å². The zero-order valence-corrected chi connectivity index (χ0v) is 14.7. The van der Waals surface area contributed by atoms with Gasteiger partial charge in [-0.1, -0.05) is 0 Å². The highest BCUT2D eigenvalue weighted by molar-refractivity contribution is 5.93. The van der Waals surface area contributed by atoms with Crippen LogP contribution in [0.2, 0.25) is 0 Å². The number of benzene rings is 2. The molecule has 0 saturated carbocycles. The second-order valence-corrected chi connectivity index (χ2v) is 5.53. The third-order valence-electron chi connectivity index (χ3n) is 3.53. The minimum atomic E-state index is -4.76. The number of anilines is 2. The lowest BCUT2D eigenvalue weighted by molar-refractivity contribution is -0.274. The Hall–Kier alpha value is -3.56. The van der Waals surface area contributed by atoms with Gasteiger partial charge in [0.2, 0.25) is 0 Å². The summed E-state index contributed by atoms with van der Waals surface area (Å²) in [6, 6.07) is 8.29. The number of carbonyl (C=O) groups is 1. The maximum absolute atomic E-state index is 12.3. The van der Waals surface area contributed by atoms with Crippen molar-refractivity contribution in [2.75, 3.05) is 12.4 Å². The summed E-state index contributed by atoms with van der Waals surface area (Å²) in [6.07, 6.45) is -3.44. The van der Waals surface area contributed by atoms with E-state index in [4.69, 9.17) is 9.47 Å². The van der Waals surface area contributed by atoms with Crippen molar-refractivity contribution < 1.29 is 32.2 Å². The monoisotopic (exact) mass is 393 g/mol. The van der Waals surface area contributed by atoms with Crippen LogP contribution in [0.1, 0.15) is 6.92 Å². The number of rotatable bonds is 5. The highest BCUT2D eigenvalue weighted by atomic mass is 19.4. The molecule has 1 aromatic heterocycles. The topological polar surface area (TPSA) is 82.6 Å². The molecule has 0 unspecified atom stereocenters. The number of hydrogen-bond donors (Lipinski definition) is 1. The van der Waals surface area contributed by atoms with E-state index in [0.717, 1.165) is 0 Å². The maximum Gasteiger partial charge on any atom is 0.573 e. The van der Waals surface area contributed by atoms with Crippen molar-refractivity contribution >= 4 is 28.4 Å². The molecule has 0 spiro atoms. The third kappa shape index (κ3) is 4.58. The number of esters is 1. The molecule has 0 aliphatic heterocycles. The molecule has 0 saturated heterocycles. The molecule has 28 heavy (non-hydrogen) atoms. The summed E-state index contributed by atoms with van der Waals surface area (Å²) in [4.78, 5) is 19.6. The Morgan fingerprint density at radius 3 is 2.39 bits per heavy atom. The van der Waals surface area contributed by atoms with Crippen molar-refractivity contribution in [3.8, 4) is 17.2 Å². The van der Waals surface area contributed by atoms with Gasteiger partial charge in [0.15, 0.2) is 11.5 Å². The van der Waals surface area contributed by atoms with Gasteiger partial charge in [-0.2, -0.15) is 0 Å². The maximum atomic E-state index is 12.3. The zero-order valence-electron chi connectivity index (χ0n) is 14.7. The molecule has 1 heterocycles. The van der Waals surface area contributed by atoms with Crippen LogP contribution < -0.4 is 19.5 Å². The summed E-state index contributed by atoms with van der Waals surface area (Å²) >= 11 is 0. The first-order chi connectivity index (χ1) is 13.2. The summed E-state index contributed by atoms with van der Waals surface area (Å²) in [5, 5.41) is 3.51. The van der Waals surface area contributed by atoms with E-state index in [9.17, 15) is 18.0 Å². The number of ether oxygens (including phenoxy) is 3. The van der Waals surface area contributed by atoms with Crippen molar-refractivity contribution in [1.82, 2.24) is 9.97 Å². The summed E-state index contributed by atoms with van der Waals surface area (Å²) in [5.41, 5.74) is 0.988. The Morgan fingerprint density at radius 1 is 1.07 bits per heavy atom. The van der Waals surface area contributed by atoms with E-state index in [1.165, 1.54) is 44.6 Å². The molecule has 3 aromatic rings. The summed E-state index contributed by atoms with van der Waals surface area (Å²) < 4.78 is 50.9. The van der Waals surface area contributed by atoms with Crippen molar-refractivity contribution in [2.45, 2.75) is 13.3 Å². The molecule has 0 amide bonds. The summed E-state index contributed by atoms with van der Waals surface area (Å²) in [6.45, 7) is 1.26. The molecule has 0 aliphatic rings. The number of alkyl halides is 3. The van der Waals surface area contributed by atoms with Gasteiger partial charge in [0, 0.05) is 24.1 Å². The number of hydrogen-bond acceptors (Lipinski definition) is 7. The first kappa shape index (κ1) is 19.2. The standard InChI is InChI=1S/C18H14F3N3O4/c1-10(25)27-16-7-13-14(8-15(16)26-2)22-9-23-17(13)24-11-3-5-12(6-4-11)28-18(19,20)21/h3-9H,1-2H3,(H,22,23,24). The fraction of sp³-hybridized carbons (Fsp3) is 0.167. The first-order valence-corrected chi connectivity index (χ1v) is 7.89. The van der Waals surface area contributed by atoms with Gasteiger partial charge in [-0.3, -0.25) is 4.79 Å². The molecule has 0 bridgehead atoms. The molecule has 7 nitrogen and oxygen atoms in total. The minimum Gasteiger partial charge on any atom is -0.493 e. The molecular weight excluding hydrogens is 379 g/mol. The minimum absolute atomic E-state index is 0.189. The Labute approximate surface area is 157 Å². The molecule has 2 aromatic carbocycles. The summed E-state index contributed by atoms with van der Waals surface area (Å²) in [5.74, 6) is 0.0116. The van der Waals surface area contributed by atoms with Crippen LogP contribution in [-0.2, 0) is 4.79 Å². The molecule has 0 atom stereocenters. The number of aromatic nitrogens is 2. The van der Waals surface area contributed by atoms with Crippen LogP contribution >= 0.6 is 0 Å². The number of nitrogens with one attached hydrogen (secondary N) is 1. The Balaban J connectivity index is 1.93. The fourth-order valence-electron chi connectivity index (χ4n) is 2.43. The smallest absolute Gasteiger partial charge is 0.493 e. The van der Waals surface area contributed by atoms with Gasteiger partial charge in [0.05, 0.1) is 12.6 Å². The molecule has 0 fully saturated rings. The number of carbonyl (C=O) groups excluding carboxylic acids is 1. The highest BCUT2D eigenvalue weighted by Crippen LogP contribution is 2.35. The SMILES string of the molecule is COc1cc2ncnc(Nc3ccc(OC(F)(F)F)cc3)c2cc1OC(C)=O. The lowest BCUT2D eigenvalue weighted by atomic mass is 10.2. The van der Waals surface area contributed by atoms with Crippen LogP contribution in [0.25, 0.3) is 10.9 Å². The Bertz CT molecular complexity index is 1010. The molecule has 0 radical (unpaired) electrons. The van der Waals surface area contributed by atoms with E-state index in [0.29, 0.717) is 28.2 Å². The van der Waals surface area contributed by atoms with E-state index in [1.807, 2.05) is 0 Å². The molecule has 1 N–H and O–H groups in total. The zero-order chi connectivity index (χ0) is 20.3. The number of halogens is 3. The van der Waals surface area contributed by atoms with Gasteiger partial charge in [-0.25, -0.2) is 9.97 Å². The molecule has 146 valence electrons. The predicted molar refractivity (Wildman–Crippen MR) is 93.8 cm³/mol. The lowest BCUT2D eigenvalue weighted by Gasteiger charge is -2.13. The lowest BCUT2D eigenvalue weighted by Crippen LogP contribution is -2.16. The van der Waals surface area contributed by atoms with Crippen LogP contribution in [0.15, 0.2) is 42.7 Å². The van der Waals surface area contributed by atoms with Crippen LogP contribution in [-0.4, -0.2) is 29.4 Å². The van der Waals surface area contributed by atoms with E-state index in [2.05, 4.69) is 20.0 Å². The van der Waals surface area contributed by atoms with Crippen LogP contribution in [0.5, 0.6) is 17.2 Å². The van der Waals surface area contributed by atoms with Gasteiger partial charge in [0.25, 0.3) is 0 Å². The Morgan fingerprint density at radius 2 is 1.79 bits per heavy atom. The second kappa shape index (κ2) is 7.59. The second-order valence-electron chi connectivity index (χ2n) is 5.53. The van der Waals surface area contributed by atoms with E-state index in [1.54, 1.807) is 12.1 Å². The summed E-state index contributed by atoms with van der Waals surface area (Å²) in [7, 11) is 1.43. The van der Waals surface area contributed by atoms with E-state index in [-0.39, 0.29) is 11.5 Å². The van der Waals surface area contributed by atoms with Gasteiger partial charge >= 0.3 is 12.3 Å². The van der Waals surface area contributed by atoms with Gasteiger partial charge in [0.1, 0.15) is 17.9 Å².